The number of thiazole rings is 1. The van der Waals surface area contributed by atoms with Gasteiger partial charge in [-0.25, -0.2) is 4.98 Å². The van der Waals surface area contributed by atoms with Crippen molar-refractivity contribution in [3.63, 3.8) is 0 Å². The third-order valence-corrected chi connectivity index (χ3v) is 5.21. The van der Waals surface area contributed by atoms with Crippen LogP contribution in [0.5, 0.6) is 0 Å². The molecule has 0 aliphatic carbocycles. The predicted molar refractivity (Wildman–Crippen MR) is 107 cm³/mol. The van der Waals surface area contributed by atoms with Crippen LogP contribution in [0.4, 0.5) is 5.69 Å². The number of anilines is 1. The maximum Gasteiger partial charge on any atom is 0.250 e. The Balaban J connectivity index is 1.68. The number of primary amides is 1. The first-order chi connectivity index (χ1) is 13.1. The van der Waals surface area contributed by atoms with E-state index < -0.39 is 5.91 Å². The van der Waals surface area contributed by atoms with Crippen molar-refractivity contribution in [1.29, 1.82) is 5.41 Å². The van der Waals surface area contributed by atoms with E-state index in [9.17, 15) is 9.90 Å². The van der Waals surface area contributed by atoms with Gasteiger partial charge in [0.05, 0.1) is 29.1 Å². The van der Waals surface area contributed by atoms with Crippen LogP contribution in [-0.4, -0.2) is 28.4 Å². The summed E-state index contributed by atoms with van der Waals surface area (Å²) < 4.78 is 0. The van der Waals surface area contributed by atoms with Gasteiger partial charge in [0, 0.05) is 10.9 Å². The number of nitrogens with zero attached hydrogens (tertiary/aromatic N) is 2. The lowest BCUT2D eigenvalue weighted by Crippen LogP contribution is -2.29. The lowest BCUT2D eigenvalue weighted by Gasteiger charge is -2.20. The minimum Gasteiger partial charge on any atom is -0.510 e. The monoisotopic (exact) mass is 376 g/mol. The van der Waals surface area contributed by atoms with Crippen LogP contribution in [0.2, 0.25) is 0 Å². The number of aliphatic hydroxyl groups is 1. The number of hydrogen-bond donors (Lipinski definition) is 3. The van der Waals surface area contributed by atoms with Crippen LogP contribution in [0.3, 0.4) is 0 Å². The van der Waals surface area contributed by atoms with E-state index in [0.717, 1.165) is 11.3 Å². The van der Waals surface area contributed by atoms with Gasteiger partial charge in [-0.1, -0.05) is 42.5 Å². The van der Waals surface area contributed by atoms with Gasteiger partial charge in [-0.05, 0) is 12.1 Å². The zero-order chi connectivity index (χ0) is 19.0. The highest BCUT2D eigenvalue weighted by molar-refractivity contribution is 7.11. The Morgan fingerprint density at radius 2 is 1.85 bits per heavy atom. The van der Waals surface area contributed by atoms with Crippen molar-refractivity contribution < 1.29 is 9.90 Å². The van der Waals surface area contributed by atoms with Gasteiger partial charge in [0.1, 0.15) is 16.6 Å². The molecule has 0 saturated carbocycles. The van der Waals surface area contributed by atoms with Gasteiger partial charge in [0.15, 0.2) is 0 Å². The molecule has 134 valence electrons. The fourth-order valence-electron chi connectivity index (χ4n) is 3.06. The van der Waals surface area contributed by atoms with Gasteiger partial charge >= 0.3 is 0 Å². The summed E-state index contributed by atoms with van der Waals surface area (Å²) in [5.74, 6) is -0.435. The predicted octanol–water partition coefficient (Wildman–Crippen LogP) is 3.68. The molecule has 0 fully saturated rings. The van der Waals surface area contributed by atoms with Gasteiger partial charge in [-0.15, -0.1) is 11.3 Å². The van der Waals surface area contributed by atoms with Gasteiger partial charge in [-0.2, -0.15) is 0 Å². The van der Waals surface area contributed by atoms with Gasteiger partial charge in [-0.3, -0.25) is 10.2 Å². The smallest absolute Gasteiger partial charge is 0.250 e. The average molecular weight is 376 g/mol. The van der Waals surface area contributed by atoms with Crippen LogP contribution >= 0.6 is 11.3 Å². The van der Waals surface area contributed by atoms with Crippen LogP contribution in [0.15, 0.2) is 65.7 Å². The van der Waals surface area contributed by atoms with Crippen LogP contribution in [0.1, 0.15) is 15.4 Å². The SMILES string of the molecule is N=C1C(c2nc(-c3ccccc3)cs2)=C(O)CN1c1ccccc1C(N)=O. The van der Waals surface area contributed by atoms with Crippen molar-refractivity contribution in [2.45, 2.75) is 0 Å². The minimum absolute atomic E-state index is 0.0493. The number of amides is 1. The molecule has 27 heavy (non-hydrogen) atoms. The quantitative estimate of drug-likeness (QED) is 0.646. The minimum atomic E-state index is -0.577. The van der Waals surface area contributed by atoms with Crippen molar-refractivity contribution in [2.75, 3.05) is 11.4 Å². The van der Waals surface area contributed by atoms with Crippen LogP contribution in [0.25, 0.3) is 16.8 Å². The molecule has 1 aliphatic heterocycles. The Morgan fingerprint density at radius 1 is 1.15 bits per heavy atom. The Kier molecular flexibility index (Phi) is 4.21. The van der Waals surface area contributed by atoms with Crippen molar-refractivity contribution >= 4 is 34.3 Å². The molecule has 0 saturated heterocycles. The van der Waals surface area contributed by atoms with Crippen LogP contribution < -0.4 is 10.6 Å². The Morgan fingerprint density at radius 3 is 2.59 bits per heavy atom. The molecule has 0 radical (unpaired) electrons. The highest BCUT2D eigenvalue weighted by atomic mass is 32.1. The van der Waals surface area contributed by atoms with Crippen molar-refractivity contribution in [1.82, 2.24) is 4.98 Å². The summed E-state index contributed by atoms with van der Waals surface area (Å²) in [6, 6.07) is 16.5. The summed E-state index contributed by atoms with van der Waals surface area (Å²) >= 11 is 1.37. The largest absolute Gasteiger partial charge is 0.510 e. The molecular formula is C20H16N4O2S. The summed E-state index contributed by atoms with van der Waals surface area (Å²) in [5, 5.41) is 21.5. The number of carbonyl (C=O) groups excluding carboxylic acids is 1. The first-order valence-corrected chi connectivity index (χ1v) is 9.13. The third-order valence-electron chi connectivity index (χ3n) is 4.35. The van der Waals surface area contributed by atoms with E-state index in [1.807, 2.05) is 35.7 Å². The third kappa shape index (κ3) is 2.98. The highest BCUT2D eigenvalue weighted by Gasteiger charge is 2.32. The molecule has 0 spiro atoms. The van der Waals surface area contributed by atoms with E-state index >= 15 is 0 Å². The maximum atomic E-state index is 11.7. The second kappa shape index (κ2) is 6.69. The molecule has 0 bridgehead atoms. The molecular weight excluding hydrogens is 360 g/mol. The van der Waals surface area contributed by atoms with Gasteiger partial charge in [0.2, 0.25) is 0 Å². The number of amidine groups is 1. The van der Waals surface area contributed by atoms with Gasteiger partial charge in [0.25, 0.3) is 5.91 Å². The van der Waals surface area contributed by atoms with E-state index in [2.05, 4.69) is 4.98 Å². The molecule has 2 aromatic carbocycles. The fourth-order valence-corrected chi connectivity index (χ4v) is 3.95. The Labute approximate surface area is 159 Å². The summed E-state index contributed by atoms with van der Waals surface area (Å²) in [4.78, 5) is 17.9. The zero-order valence-electron chi connectivity index (χ0n) is 14.2. The number of aromatic nitrogens is 1. The standard InChI is InChI=1S/C20H16N4O2S/c21-18-17(20-23-14(11-27-20)12-6-2-1-3-7-12)16(25)10-24(18)15-9-5-4-8-13(15)19(22)26/h1-9,11,21,25H,10H2,(H2,22,26). The molecule has 1 aliphatic rings. The van der Waals surface area contributed by atoms with E-state index in [4.69, 9.17) is 11.1 Å². The van der Waals surface area contributed by atoms with Crippen molar-refractivity contribution in [3.05, 3.63) is 76.3 Å². The van der Waals surface area contributed by atoms with E-state index in [-0.39, 0.29) is 18.1 Å². The number of nitrogens with two attached hydrogens (primary N) is 1. The summed E-state index contributed by atoms with van der Waals surface area (Å²) in [6.07, 6.45) is 0. The number of rotatable bonds is 4. The number of aliphatic hydroxyl groups excluding tert-OH is 1. The van der Waals surface area contributed by atoms with Crippen molar-refractivity contribution in [3.8, 4) is 11.3 Å². The Hall–Kier alpha value is -3.45. The van der Waals surface area contributed by atoms with E-state index in [1.54, 1.807) is 29.2 Å². The van der Waals surface area contributed by atoms with Gasteiger partial charge < -0.3 is 15.7 Å². The molecule has 0 atom stereocenters. The molecule has 4 N–H and O–H groups in total. The molecule has 1 amide bonds. The summed E-state index contributed by atoms with van der Waals surface area (Å²) in [5.41, 5.74) is 8.40. The number of hydrogen-bond acceptors (Lipinski definition) is 5. The lowest BCUT2D eigenvalue weighted by molar-refractivity contribution is 0.100. The van der Waals surface area contributed by atoms with Crippen LogP contribution in [-0.2, 0) is 0 Å². The first-order valence-electron chi connectivity index (χ1n) is 8.25. The van der Waals surface area contributed by atoms with E-state index in [0.29, 0.717) is 21.8 Å². The molecule has 7 heteroatoms. The molecule has 4 rings (SSSR count). The highest BCUT2D eigenvalue weighted by Crippen LogP contribution is 2.35. The van der Waals surface area contributed by atoms with Crippen molar-refractivity contribution in [2.24, 2.45) is 5.73 Å². The van der Waals surface area contributed by atoms with E-state index in [1.165, 1.54) is 11.3 Å². The number of carbonyl (C=O) groups is 1. The molecule has 6 nitrogen and oxygen atoms in total. The Bertz CT molecular complexity index is 1070. The second-order valence-corrected chi connectivity index (χ2v) is 6.90. The summed E-state index contributed by atoms with van der Waals surface area (Å²) in [6.45, 7) is 0.0959. The maximum absolute atomic E-state index is 11.7. The van der Waals surface area contributed by atoms with Crippen LogP contribution in [0, 0.1) is 5.41 Å². The average Bonchev–Trinajstić information content (AvgIpc) is 3.27. The lowest BCUT2D eigenvalue weighted by atomic mass is 10.1. The summed E-state index contributed by atoms with van der Waals surface area (Å²) in [7, 11) is 0. The number of benzene rings is 2. The molecule has 1 aromatic heterocycles. The number of para-hydroxylation sites is 1. The molecule has 0 unspecified atom stereocenters. The fraction of sp³-hybridized carbons (Fsp3) is 0.0500. The second-order valence-electron chi connectivity index (χ2n) is 6.04. The molecule has 3 aromatic rings. The topological polar surface area (TPSA) is 103 Å². The zero-order valence-corrected chi connectivity index (χ0v) is 15.0. The normalized spacial score (nSPS) is 14.1. The molecule has 2 heterocycles. The number of nitrogens with one attached hydrogen (secondary N) is 1. The first kappa shape index (κ1) is 17.0.